The van der Waals surface area contributed by atoms with E-state index in [1.165, 1.54) is 0 Å². The molecule has 2 nitrogen and oxygen atoms in total. The van der Waals surface area contributed by atoms with E-state index in [4.69, 9.17) is 11.6 Å². The van der Waals surface area contributed by atoms with E-state index in [1.54, 1.807) is 6.20 Å². The Hall–Kier alpha value is -0.500. The first-order valence-corrected chi connectivity index (χ1v) is 3.01. The Balaban J connectivity index is 2.50. The van der Waals surface area contributed by atoms with E-state index < -0.39 is 0 Å². The second kappa shape index (κ2) is 2.72. The molecule has 3 heteroatoms. The standard InChI is InChI=1S/C5H7ClN2/c6-3-1-5-2-4-7-8-5/h2,4H,1,3H2,(H,7,8). The van der Waals surface area contributed by atoms with Crippen LogP contribution < -0.4 is 0 Å². The van der Waals surface area contributed by atoms with Crippen molar-refractivity contribution in [2.45, 2.75) is 6.42 Å². The number of nitrogens with one attached hydrogen (secondary N) is 1. The Labute approximate surface area is 52.9 Å². The maximum absolute atomic E-state index is 5.45. The topological polar surface area (TPSA) is 28.7 Å². The van der Waals surface area contributed by atoms with Crippen LogP contribution in [0.1, 0.15) is 5.69 Å². The molecule has 1 N–H and O–H groups in total. The van der Waals surface area contributed by atoms with Gasteiger partial charge < -0.3 is 0 Å². The first kappa shape index (κ1) is 5.63. The second-order valence-electron chi connectivity index (χ2n) is 1.52. The summed E-state index contributed by atoms with van der Waals surface area (Å²) in [6, 6.07) is 1.92. The summed E-state index contributed by atoms with van der Waals surface area (Å²) in [7, 11) is 0. The molecule has 44 valence electrons. The van der Waals surface area contributed by atoms with Crippen molar-refractivity contribution in [1.29, 1.82) is 0 Å². The Morgan fingerprint density at radius 1 is 1.75 bits per heavy atom. The Kier molecular flexibility index (Phi) is 1.92. The molecule has 0 unspecified atom stereocenters. The van der Waals surface area contributed by atoms with E-state index in [-0.39, 0.29) is 0 Å². The molecule has 0 saturated carbocycles. The molecule has 0 aliphatic carbocycles. The van der Waals surface area contributed by atoms with Crippen LogP contribution in [-0.2, 0) is 6.42 Å². The summed E-state index contributed by atoms with van der Waals surface area (Å²) in [4.78, 5) is 0. The highest BCUT2D eigenvalue weighted by molar-refractivity contribution is 6.17. The van der Waals surface area contributed by atoms with Crippen molar-refractivity contribution in [3.63, 3.8) is 0 Å². The fourth-order valence-corrected chi connectivity index (χ4v) is 0.729. The van der Waals surface area contributed by atoms with Gasteiger partial charge in [0.15, 0.2) is 0 Å². The first-order chi connectivity index (χ1) is 3.93. The van der Waals surface area contributed by atoms with E-state index >= 15 is 0 Å². The number of aromatic nitrogens is 2. The van der Waals surface area contributed by atoms with Crippen LogP contribution in [-0.4, -0.2) is 16.1 Å². The molecule has 0 saturated heterocycles. The minimum Gasteiger partial charge on any atom is -0.283 e. The van der Waals surface area contributed by atoms with Crippen LogP contribution in [0.15, 0.2) is 12.3 Å². The average molecular weight is 131 g/mol. The van der Waals surface area contributed by atoms with E-state index in [0.717, 1.165) is 12.1 Å². The SMILES string of the molecule is ClCCc1ccn[nH]1. The van der Waals surface area contributed by atoms with E-state index in [1.807, 2.05) is 6.07 Å². The van der Waals surface area contributed by atoms with Gasteiger partial charge in [0.25, 0.3) is 0 Å². The molecule has 1 aromatic heterocycles. The van der Waals surface area contributed by atoms with Crippen LogP contribution >= 0.6 is 11.6 Å². The lowest BCUT2D eigenvalue weighted by Gasteiger charge is -1.84. The number of alkyl halides is 1. The molecule has 0 fully saturated rings. The normalized spacial score (nSPS) is 9.62. The van der Waals surface area contributed by atoms with Gasteiger partial charge in [-0.05, 0) is 6.07 Å². The van der Waals surface area contributed by atoms with Crippen LogP contribution in [0.2, 0.25) is 0 Å². The third-order valence-corrected chi connectivity index (χ3v) is 1.11. The van der Waals surface area contributed by atoms with Crippen LogP contribution in [0.5, 0.6) is 0 Å². The van der Waals surface area contributed by atoms with Gasteiger partial charge in [-0.15, -0.1) is 11.6 Å². The quantitative estimate of drug-likeness (QED) is 0.599. The van der Waals surface area contributed by atoms with Crippen molar-refractivity contribution in [3.05, 3.63) is 18.0 Å². The van der Waals surface area contributed by atoms with Crippen LogP contribution in [0.25, 0.3) is 0 Å². The molecule has 0 aromatic carbocycles. The van der Waals surface area contributed by atoms with Gasteiger partial charge >= 0.3 is 0 Å². The minimum atomic E-state index is 0.655. The molecule has 1 heterocycles. The monoisotopic (exact) mass is 130 g/mol. The molecule has 8 heavy (non-hydrogen) atoms. The molecule has 1 aromatic rings. The van der Waals surface area contributed by atoms with Crippen molar-refractivity contribution in [2.75, 3.05) is 5.88 Å². The predicted molar refractivity (Wildman–Crippen MR) is 33.0 cm³/mol. The van der Waals surface area contributed by atoms with Crippen LogP contribution in [0.3, 0.4) is 0 Å². The highest BCUT2D eigenvalue weighted by Gasteiger charge is 1.87. The fraction of sp³-hybridized carbons (Fsp3) is 0.400. The summed E-state index contributed by atoms with van der Waals surface area (Å²) in [6.45, 7) is 0. The molecule has 0 spiro atoms. The maximum atomic E-state index is 5.45. The third kappa shape index (κ3) is 1.23. The molecular formula is C5H7ClN2. The minimum absolute atomic E-state index is 0.655. The zero-order valence-corrected chi connectivity index (χ0v) is 5.15. The van der Waals surface area contributed by atoms with Crippen LogP contribution in [0.4, 0.5) is 0 Å². The van der Waals surface area contributed by atoms with Crippen molar-refractivity contribution in [2.24, 2.45) is 0 Å². The number of aryl methyl sites for hydroxylation is 1. The largest absolute Gasteiger partial charge is 0.283 e. The lowest BCUT2D eigenvalue weighted by molar-refractivity contribution is 0.978. The number of rotatable bonds is 2. The van der Waals surface area contributed by atoms with Gasteiger partial charge in [-0.1, -0.05) is 0 Å². The maximum Gasteiger partial charge on any atom is 0.0490 e. The summed E-state index contributed by atoms with van der Waals surface area (Å²) >= 11 is 5.45. The molecule has 0 radical (unpaired) electrons. The number of hydrogen-bond acceptors (Lipinski definition) is 1. The van der Waals surface area contributed by atoms with Gasteiger partial charge in [0, 0.05) is 24.2 Å². The number of nitrogens with zero attached hydrogens (tertiary/aromatic N) is 1. The van der Waals surface area contributed by atoms with Gasteiger partial charge in [0.2, 0.25) is 0 Å². The molecule has 0 atom stereocenters. The molecular weight excluding hydrogens is 124 g/mol. The summed E-state index contributed by atoms with van der Waals surface area (Å²) in [5.74, 6) is 0.655. The lowest BCUT2D eigenvalue weighted by atomic mass is 10.3. The van der Waals surface area contributed by atoms with E-state index in [0.29, 0.717) is 5.88 Å². The lowest BCUT2D eigenvalue weighted by Crippen LogP contribution is -1.84. The zero-order valence-electron chi connectivity index (χ0n) is 4.39. The number of aromatic amines is 1. The van der Waals surface area contributed by atoms with Crippen LogP contribution in [0, 0.1) is 0 Å². The molecule has 0 aliphatic heterocycles. The zero-order chi connectivity index (χ0) is 5.82. The number of hydrogen-bond donors (Lipinski definition) is 1. The van der Waals surface area contributed by atoms with Crippen molar-refractivity contribution >= 4 is 11.6 Å². The molecule has 0 amide bonds. The molecule has 0 aliphatic rings. The number of halogens is 1. The fourth-order valence-electron chi connectivity index (χ4n) is 0.526. The van der Waals surface area contributed by atoms with Gasteiger partial charge in [-0.3, -0.25) is 5.10 Å². The third-order valence-electron chi connectivity index (χ3n) is 0.922. The van der Waals surface area contributed by atoms with Crippen molar-refractivity contribution < 1.29 is 0 Å². The highest BCUT2D eigenvalue weighted by Crippen LogP contribution is 1.93. The number of H-pyrrole nitrogens is 1. The summed E-state index contributed by atoms with van der Waals surface area (Å²) < 4.78 is 0. The molecule has 0 bridgehead atoms. The highest BCUT2D eigenvalue weighted by atomic mass is 35.5. The van der Waals surface area contributed by atoms with Gasteiger partial charge in [0.1, 0.15) is 0 Å². The van der Waals surface area contributed by atoms with E-state index in [9.17, 15) is 0 Å². The summed E-state index contributed by atoms with van der Waals surface area (Å²) in [5.41, 5.74) is 1.10. The van der Waals surface area contributed by atoms with Gasteiger partial charge in [0.05, 0.1) is 0 Å². The second-order valence-corrected chi connectivity index (χ2v) is 1.90. The first-order valence-electron chi connectivity index (χ1n) is 2.47. The van der Waals surface area contributed by atoms with Crippen molar-refractivity contribution in [3.8, 4) is 0 Å². The smallest absolute Gasteiger partial charge is 0.0490 e. The Bertz CT molecular complexity index is 136. The van der Waals surface area contributed by atoms with Gasteiger partial charge in [-0.2, -0.15) is 5.10 Å². The summed E-state index contributed by atoms with van der Waals surface area (Å²) in [6.07, 6.45) is 2.60. The Morgan fingerprint density at radius 3 is 3.12 bits per heavy atom. The predicted octanol–water partition coefficient (Wildman–Crippen LogP) is 1.19. The van der Waals surface area contributed by atoms with Crippen molar-refractivity contribution in [1.82, 2.24) is 10.2 Å². The van der Waals surface area contributed by atoms with E-state index in [2.05, 4.69) is 10.2 Å². The Morgan fingerprint density at radius 2 is 2.62 bits per heavy atom. The molecule has 1 rings (SSSR count). The average Bonchev–Trinajstić information content (AvgIpc) is 2.19. The summed E-state index contributed by atoms with van der Waals surface area (Å²) in [5, 5.41) is 6.56. The van der Waals surface area contributed by atoms with Gasteiger partial charge in [-0.25, -0.2) is 0 Å².